The van der Waals surface area contributed by atoms with Crippen molar-refractivity contribution in [2.75, 3.05) is 13.2 Å². The summed E-state index contributed by atoms with van der Waals surface area (Å²) in [4.78, 5) is 37.8. The van der Waals surface area contributed by atoms with Crippen molar-refractivity contribution in [3.8, 4) is 0 Å². The van der Waals surface area contributed by atoms with Crippen LogP contribution in [0.25, 0.3) is 0 Å². The van der Waals surface area contributed by atoms with Crippen molar-refractivity contribution >= 4 is 17.9 Å². The van der Waals surface area contributed by atoms with Crippen molar-refractivity contribution < 1.29 is 28.6 Å². The Morgan fingerprint density at radius 2 is 0.621 bits per heavy atom. The van der Waals surface area contributed by atoms with E-state index in [1.165, 1.54) is 0 Å². The van der Waals surface area contributed by atoms with E-state index in [1.807, 2.05) is 0 Å². The molecule has 0 amide bonds. The fourth-order valence-electron chi connectivity index (χ4n) is 5.66. The molecule has 0 aromatic heterocycles. The summed E-state index contributed by atoms with van der Waals surface area (Å²) in [5.74, 6) is -1.01. The van der Waals surface area contributed by atoms with Gasteiger partial charge in [-0.3, -0.25) is 14.4 Å². The fourth-order valence-corrected chi connectivity index (χ4v) is 5.66. The lowest BCUT2D eigenvalue weighted by atomic mass is 10.1. The van der Waals surface area contributed by atoms with Crippen LogP contribution in [-0.2, 0) is 28.6 Å². The maximum Gasteiger partial charge on any atom is 0.306 e. The molecule has 0 heterocycles. The highest BCUT2D eigenvalue weighted by Crippen LogP contribution is 2.11. The van der Waals surface area contributed by atoms with Crippen LogP contribution in [0.4, 0.5) is 0 Å². The Balaban J connectivity index is 4.54. The Hall–Kier alpha value is -3.93. The molecule has 0 aliphatic rings. The molecule has 0 aliphatic carbocycles. The van der Waals surface area contributed by atoms with E-state index in [0.717, 1.165) is 141 Å². The van der Waals surface area contributed by atoms with Crippen LogP contribution in [0.2, 0.25) is 0 Å². The van der Waals surface area contributed by atoms with Crippen LogP contribution in [0, 0.1) is 0 Å². The van der Waals surface area contributed by atoms with Gasteiger partial charge in [-0.1, -0.05) is 156 Å². The normalized spacial score (nSPS) is 13.1. The highest BCUT2D eigenvalue weighted by Gasteiger charge is 2.19. The number of unbranched alkanes of at least 4 members (excludes halogenated alkanes) is 10. The maximum atomic E-state index is 12.7. The molecule has 0 bridgehead atoms. The predicted octanol–water partition coefficient (Wildman–Crippen LogP) is 14.8. The minimum Gasteiger partial charge on any atom is -0.462 e. The van der Waals surface area contributed by atoms with Gasteiger partial charge in [0, 0.05) is 19.3 Å². The van der Waals surface area contributed by atoms with E-state index in [-0.39, 0.29) is 37.5 Å². The quantitative estimate of drug-likeness (QED) is 0.0267. The molecule has 0 spiro atoms. The van der Waals surface area contributed by atoms with Crippen molar-refractivity contribution in [2.45, 2.75) is 187 Å². The monoisotopic (exact) mass is 803 g/mol. The number of esters is 3. The third kappa shape index (κ3) is 43.2. The van der Waals surface area contributed by atoms with Gasteiger partial charge in [0.05, 0.1) is 0 Å². The molecule has 6 heteroatoms. The molecule has 326 valence electrons. The van der Waals surface area contributed by atoms with E-state index in [2.05, 4.69) is 130 Å². The zero-order valence-electron chi connectivity index (χ0n) is 37.0. The van der Waals surface area contributed by atoms with Gasteiger partial charge in [-0.15, -0.1) is 0 Å². The van der Waals surface area contributed by atoms with Gasteiger partial charge in [0.1, 0.15) is 13.2 Å². The first-order valence-electron chi connectivity index (χ1n) is 22.9. The van der Waals surface area contributed by atoms with E-state index < -0.39 is 6.10 Å². The van der Waals surface area contributed by atoms with Gasteiger partial charge >= 0.3 is 17.9 Å². The lowest BCUT2D eigenvalue weighted by Gasteiger charge is -2.18. The summed E-state index contributed by atoms with van der Waals surface area (Å²) in [5.41, 5.74) is 0. The minimum atomic E-state index is -0.815. The topological polar surface area (TPSA) is 78.9 Å². The maximum absolute atomic E-state index is 12.7. The second-order valence-electron chi connectivity index (χ2n) is 14.5. The van der Waals surface area contributed by atoms with Gasteiger partial charge in [0.2, 0.25) is 0 Å². The smallest absolute Gasteiger partial charge is 0.306 e. The van der Waals surface area contributed by atoms with Crippen LogP contribution in [0.1, 0.15) is 181 Å². The number of carbonyl (C=O) groups excluding carboxylic acids is 3. The summed E-state index contributed by atoms with van der Waals surface area (Å²) in [7, 11) is 0. The largest absolute Gasteiger partial charge is 0.462 e. The van der Waals surface area contributed by atoms with Gasteiger partial charge in [-0.2, -0.15) is 0 Å². The van der Waals surface area contributed by atoms with Gasteiger partial charge in [-0.25, -0.2) is 0 Å². The zero-order chi connectivity index (χ0) is 42.3. The molecule has 0 saturated heterocycles. The summed E-state index contributed by atoms with van der Waals surface area (Å²) in [6.07, 6.45) is 60.7. The molecule has 0 saturated carbocycles. The highest BCUT2D eigenvalue weighted by atomic mass is 16.6. The van der Waals surface area contributed by atoms with Crippen molar-refractivity contribution in [1.82, 2.24) is 0 Å². The standard InChI is InChI=1S/C52H82O6/c1-4-7-10-13-16-19-22-25-27-30-33-36-39-42-45-51(54)57-48-49(47-56-50(53)44-41-38-35-32-29-24-21-18-15-12-9-6-3)58-52(55)46-43-40-37-34-31-28-26-23-20-17-14-11-8-5-2/h7-12,16-21,25-29,32,49H,4-6,13-15,22-24,30-31,33-48H2,1-3H3/b10-7-,11-8-,12-9-,19-16-,20-17-,21-18-,27-25-,28-26-,32-29-. The van der Waals surface area contributed by atoms with Crippen LogP contribution >= 0.6 is 0 Å². The molecular weight excluding hydrogens is 721 g/mol. The van der Waals surface area contributed by atoms with E-state index in [1.54, 1.807) is 0 Å². The Morgan fingerprint density at radius 1 is 0.345 bits per heavy atom. The SMILES string of the molecule is CC/C=C\C/C=C\C/C=C\CCCCCCC(=O)OCC(COC(=O)CCCC/C=C\C/C=C\C/C=C\CC)OC(=O)CCCCCC/C=C\C/C=C\C/C=C\CC. The number of carbonyl (C=O) groups is 3. The lowest BCUT2D eigenvalue weighted by Crippen LogP contribution is -2.30. The summed E-state index contributed by atoms with van der Waals surface area (Å²) in [6.45, 7) is 6.19. The first-order valence-corrected chi connectivity index (χ1v) is 22.9. The van der Waals surface area contributed by atoms with Crippen LogP contribution < -0.4 is 0 Å². The lowest BCUT2D eigenvalue weighted by molar-refractivity contribution is -0.167. The van der Waals surface area contributed by atoms with E-state index in [0.29, 0.717) is 12.8 Å². The molecule has 58 heavy (non-hydrogen) atoms. The molecule has 6 nitrogen and oxygen atoms in total. The third-order valence-corrected chi connectivity index (χ3v) is 9.00. The highest BCUT2D eigenvalue weighted by molar-refractivity contribution is 5.71. The average Bonchev–Trinajstić information content (AvgIpc) is 3.22. The molecule has 0 aromatic rings. The fraction of sp³-hybridized carbons (Fsp3) is 0.596. The molecule has 0 rings (SSSR count). The Kier molecular flexibility index (Phi) is 42.7. The van der Waals surface area contributed by atoms with Gasteiger partial charge in [-0.05, 0) is 116 Å². The van der Waals surface area contributed by atoms with Crippen LogP contribution in [0.3, 0.4) is 0 Å². The Morgan fingerprint density at radius 3 is 0.983 bits per heavy atom. The molecule has 0 fully saturated rings. The van der Waals surface area contributed by atoms with Crippen LogP contribution in [-0.4, -0.2) is 37.2 Å². The van der Waals surface area contributed by atoms with E-state index >= 15 is 0 Å². The molecule has 0 radical (unpaired) electrons. The van der Waals surface area contributed by atoms with Gasteiger partial charge in [0.25, 0.3) is 0 Å². The van der Waals surface area contributed by atoms with E-state index in [9.17, 15) is 14.4 Å². The first-order chi connectivity index (χ1) is 28.5. The molecule has 1 atom stereocenters. The van der Waals surface area contributed by atoms with E-state index in [4.69, 9.17) is 14.2 Å². The number of rotatable bonds is 39. The molecule has 0 aromatic carbocycles. The third-order valence-electron chi connectivity index (χ3n) is 9.00. The molecule has 1 unspecified atom stereocenters. The Bertz CT molecular complexity index is 1240. The average molecular weight is 803 g/mol. The minimum absolute atomic E-state index is 0.114. The summed E-state index contributed by atoms with van der Waals surface area (Å²) in [6, 6.07) is 0. The van der Waals surface area contributed by atoms with Crippen molar-refractivity contribution in [3.05, 3.63) is 109 Å². The van der Waals surface area contributed by atoms with Gasteiger partial charge in [0.15, 0.2) is 6.10 Å². The summed E-state index contributed by atoms with van der Waals surface area (Å²) in [5, 5.41) is 0. The summed E-state index contributed by atoms with van der Waals surface area (Å²) >= 11 is 0. The number of hydrogen-bond donors (Lipinski definition) is 0. The van der Waals surface area contributed by atoms with Crippen LogP contribution in [0.5, 0.6) is 0 Å². The van der Waals surface area contributed by atoms with Crippen molar-refractivity contribution in [3.63, 3.8) is 0 Å². The number of ether oxygens (including phenoxy) is 3. The second kappa shape index (κ2) is 45.8. The molecule has 0 aliphatic heterocycles. The number of hydrogen-bond acceptors (Lipinski definition) is 6. The Labute approximate surface area is 355 Å². The predicted molar refractivity (Wildman–Crippen MR) is 247 cm³/mol. The zero-order valence-corrected chi connectivity index (χ0v) is 37.0. The molecular formula is C52H82O6. The first kappa shape index (κ1) is 54.1. The van der Waals surface area contributed by atoms with Crippen LogP contribution in [0.15, 0.2) is 109 Å². The number of allylic oxidation sites excluding steroid dienone is 18. The van der Waals surface area contributed by atoms with Crippen molar-refractivity contribution in [1.29, 1.82) is 0 Å². The second-order valence-corrected chi connectivity index (χ2v) is 14.5. The van der Waals surface area contributed by atoms with Crippen molar-refractivity contribution in [2.24, 2.45) is 0 Å². The molecule has 0 N–H and O–H groups in total. The van der Waals surface area contributed by atoms with Gasteiger partial charge < -0.3 is 14.2 Å². The summed E-state index contributed by atoms with van der Waals surface area (Å²) < 4.78 is 16.6.